The average Bonchev–Trinajstić information content (AvgIpc) is 2.89. The summed E-state index contributed by atoms with van der Waals surface area (Å²) >= 11 is 0. The number of ketones is 1. The predicted molar refractivity (Wildman–Crippen MR) is 68.1 cm³/mol. The van der Waals surface area contributed by atoms with Crippen LogP contribution in [0.5, 0.6) is 0 Å². The number of Topliss-reactive ketones (excluding diaryl/α,β-unsaturated/α-hetero) is 1. The van der Waals surface area contributed by atoms with Gasteiger partial charge in [-0.15, -0.1) is 0 Å². The molecule has 1 aromatic carbocycles. The molecule has 0 amide bonds. The van der Waals surface area contributed by atoms with E-state index in [4.69, 9.17) is 4.74 Å². The van der Waals surface area contributed by atoms with Crippen molar-refractivity contribution in [2.45, 2.75) is 44.6 Å². The molecule has 2 atom stereocenters. The van der Waals surface area contributed by atoms with Gasteiger partial charge in [0.25, 0.3) is 0 Å². The summed E-state index contributed by atoms with van der Waals surface area (Å²) in [6.45, 7) is 2.86. The minimum atomic E-state index is 0.0117. The molecule has 0 spiro atoms. The Morgan fingerprint density at radius 1 is 1.41 bits per heavy atom. The van der Waals surface area contributed by atoms with Crippen molar-refractivity contribution in [3.63, 3.8) is 0 Å². The van der Waals surface area contributed by atoms with E-state index < -0.39 is 0 Å². The quantitative estimate of drug-likeness (QED) is 0.778. The van der Waals surface area contributed by atoms with Gasteiger partial charge in [-0.25, -0.2) is 0 Å². The Labute approximate surface area is 103 Å². The van der Waals surface area contributed by atoms with Gasteiger partial charge >= 0.3 is 0 Å². The molecule has 92 valence electrons. The van der Waals surface area contributed by atoms with Gasteiger partial charge in [-0.05, 0) is 24.8 Å². The van der Waals surface area contributed by atoms with Crippen LogP contribution in [0.1, 0.15) is 44.1 Å². The molecule has 17 heavy (non-hydrogen) atoms. The summed E-state index contributed by atoms with van der Waals surface area (Å²) in [5.41, 5.74) is 1.12. The van der Waals surface area contributed by atoms with Crippen molar-refractivity contribution in [3.05, 3.63) is 35.9 Å². The highest BCUT2D eigenvalue weighted by Gasteiger charge is 2.19. The van der Waals surface area contributed by atoms with Crippen LogP contribution in [-0.2, 0) is 9.53 Å². The summed E-state index contributed by atoms with van der Waals surface area (Å²) in [5.74, 6) is 0.337. The molecule has 2 nitrogen and oxygen atoms in total. The van der Waals surface area contributed by atoms with Crippen molar-refractivity contribution in [2.75, 3.05) is 6.61 Å². The minimum absolute atomic E-state index is 0.0117. The van der Waals surface area contributed by atoms with Gasteiger partial charge in [-0.3, -0.25) is 4.79 Å². The van der Waals surface area contributed by atoms with E-state index in [1.807, 2.05) is 37.3 Å². The van der Waals surface area contributed by atoms with Crippen LogP contribution in [0, 0.1) is 0 Å². The van der Waals surface area contributed by atoms with Crippen molar-refractivity contribution in [2.24, 2.45) is 0 Å². The molecule has 0 aromatic heterocycles. The Morgan fingerprint density at radius 2 is 2.18 bits per heavy atom. The number of hydrogen-bond donors (Lipinski definition) is 0. The van der Waals surface area contributed by atoms with Gasteiger partial charge in [0.05, 0.1) is 6.10 Å². The summed E-state index contributed by atoms with van der Waals surface area (Å²) in [6.07, 6.45) is 4.11. The molecule has 0 bridgehead atoms. The number of ether oxygens (including phenoxy) is 1. The summed E-state index contributed by atoms with van der Waals surface area (Å²) < 4.78 is 5.54. The lowest BCUT2D eigenvalue weighted by Crippen LogP contribution is -2.13. The molecule has 1 fully saturated rings. The monoisotopic (exact) mass is 232 g/mol. The number of hydrogen-bond acceptors (Lipinski definition) is 2. The Balaban J connectivity index is 1.83. The van der Waals surface area contributed by atoms with E-state index in [1.165, 1.54) is 0 Å². The maximum absolute atomic E-state index is 12.0. The number of carbonyl (C=O) groups is 1. The van der Waals surface area contributed by atoms with E-state index in [1.54, 1.807) is 0 Å². The zero-order valence-corrected chi connectivity index (χ0v) is 10.4. The minimum Gasteiger partial charge on any atom is -0.378 e. The molecule has 1 aliphatic rings. The lowest BCUT2D eigenvalue weighted by Gasteiger charge is -2.13. The zero-order chi connectivity index (χ0) is 12.1. The lowest BCUT2D eigenvalue weighted by molar-refractivity contribution is -0.120. The van der Waals surface area contributed by atoms with Crippen LogP contribution < -0.4 is 0 Å². The summed E-state index contributed by atoms with van der Waals surface area (Å²) in [6, 6.07) is 9.99. The first kappa shape index (κ1) is 12.3. The van der Waals surface area contributed by atoms with E-state index in [0.29, 0.717) is 18.3 Å². The third kappa shape index (κ3) is 3.40. The van der Waals surface area contributed by atoms with Crippen LogP contribution >= 0.6 is 0 Å². The van der Waals surface area contributed by atoms with E-state index in [0.717, 1.165) is 31.4 Å². The Morgan fingerprint density at radius 3 is 2.82 bits per heavy atom. The van der Waals surface area contributed by atoms with Crippen LogP contribution in [0.2, 0.25) is 0 Å². The highest BCUT2D eigenvalue weighted by molar-refractivity contribution is 5.85. The van der Waals surface area contributed by atoms with Crippen LogP contribution in [0.15, 0.2) is 30.3 Å². The SMILES string of the molecule is CC(C(=O)CCC1CCCO1)c1ccccc1. The van der Waals surface area contributed by atoms with Crippen LogP contribution in [0.3, 0.4) is 0 Å². The lowest BCUT2D eigenvalue weighted by atomic mass is 9.93. The smallest absolute Gasteiger partial charge is 0.140 e. The van der Waals surface area contributed by atoms with Gasteiger partial charge in [0.1, 0.15) is 5.78 Å². The van der Waals surface area contributed by atoms with Gasteiger partial charge in [-0.2, -0.15) is 0 Å². The maximum atomic E-state index is 12.0. The Hall–Kier alpha value is -1.15. The third-order valence-electron chi connectivity index (χ3n) is 3.52. The van der Waals surface area contributed by atoms with Crippen molar-refractivity contribution in [3.8, 4) is 0 Å². The largest absolute Gasteiger partial charge is 0.378 e. The van der Waals surface area contributed by atoms with Crippen molar-refractivity contribution < 1.29 is 9.53 Å². The van der Waals surface area contributed by atoms with E-state index >= 15 is 0 Å². The molecule has 2 unspecified atom stereocenters. The molecule has 2 rings (SSSR count). The normalized spacial score (nSPS) is 21.4. The fourth-order valence-electron chi connectivity index (χ4n) is 2.32. The van der Waals surface area contributed by atoms with Gasteiger partial charge in [0.15, 0.2) is 0 Å². The maximum Gasteiger partial charge on any atom is 0.140 e. The highest BCUT2D eigenvalue weighted by atomic mass is 16.5. The molecule has 0 aliphatic carbocycles. The zero-order valence-electron chi connectivity index (χ0n) is 10.4. The van der Waals surface area contributed by atoms with Gasteiger partial charge in [0.2, 0.25) is 0 Å². The Kier molecular flexibility index (Phi) is 4.32. The van der Waals surface area contributed by atoms with Crippen LogP contribution in [0.25, 0.3) is 0 Å². The molecule has 0 N–H and O–H groups in total. The summed E-state index contributed by atoms with van der Waals surface area (Å²) in [7, 11) is 0. The fraction of sp³-hybridized carbons (Fsp3) is 0.533. The molecule has 1 aliphatic heterocycles. The second-order valence-electron chi connectivity index (χ2n) is 4.77. The number of rotatable bonds is 5. The first-order valence-corrected chi connectivity index (χ1v) is 6.46. The topological polar surface area (TPSA) is 26.3 Å². The first-order valence-electron chi connectivity index (χ1n) is 6.46. The van der Waals surface area contributed by atoms with Crippen molar-refractivity contribution in [1.29, 1.82) is 0 Å². The third-order valence-corrected chi connectivity index (χ3v) is 3.52. The molecular formula is C15H20O2. The fourth-order valence-corrected chi connectivity index (χ4v) is 2.32. The van der Waals surface area contributed by atoms with Crippen molar-refractivity contribution >= 4 is 5.78 Å². The van der Waals surface area contributed by atoms with E-state index in [9.17, 15) is 4.79 Å². The van der Waals surface area contributed by atoms with E-state index in [-0.39, 0.29) is 5.92 Å². The average molecular weight is 232 g/mol. The number of benzene rings is 1. The molecule has 1 saturated heterocycles. The second kappa shape index (κ2) is 5.97. The van der Waals surface area contributed by atoms with E-state index in [2.05, 4.69) is 0 Å². The van der Waals surface area contributed by atoms with Gasteiger partial charge < -0.3 is 4.74 Å². The van der Waals surface area contributed by atoms with Gasteiger partial charge in [0, 0.05) is 18.9 Å². The molecule has 0 radical (unpaired) electrons. The summed E-state index contributed by atoms with van der Waals surface area (Å²) in [4.78, 5) is 12.0. The summed E-state index contributed by atoms with van der Waals surface area (Å²) in [5, 5.41) is 0. The molecule has 2 heteroatoms. The molecule has 1 heterocycles. The standard InChI is InChI=1S/C15H20O2/c1-12(13-6-3-2-4-7-13)15(16)10-9-14-8-5-11-17-14/h2-4,6-7,12,14H,5,8-11H2,1H3. The molecule has 1 aromatic rings. The van der Waals surface area contributed by atoms with Crippen LogP contribution in [-0.4, -0.2) is 18.5 Å². The van der Waals surface area contributed by atoms with Gasteiger partial charge in [-0.1, -0.05) is 37.3 Å². The Bertz CT molecular complexity index is 352. The van der Waals surface area contributed by atoms with Crippen molar-refractivity contribution in [1.82, 2.24) is 0 Å². The number of carbonyl (C=O) groups excluding carboxylic acids is 1. The molecular weight excluding hydrogens is 212 g/mol. The first-order chi connectivity index (χ1) is 8.27. The molecule has 0 saturated carbocycles. The van der Waals surface area contributed by atoms with Crippen LogP contribution in [0.4, 0.5) is 0 Å². The second-order valence-corrected chi connectivity index (χ2v) is 4.77. The predicted octanol–water partition coefficient (Wildman–Crippen LogP) is 3.32. The highest BCUT2D eigenvalue weighted by Crippen LogP contribution is 2.21.